The van der Waals surface area contributed by atoms with Crippen molar-refractivity contribution in [2.75, 3.05) is 20.1 Å². The number of rotatable bonds is 4. The first-order valence-electron chi connectivity index (χ1n) is 6.38. The van der Waals surface area contributed by atoms with E-state index in [1.54, 1.807) is 0 Å². The van der Waals surface area contributed by atoms with E-state index in [4.69, 9.17) is 0 Å². The van der Waals surface area contributed by atoms with Gasteiger partial charge in [0.25, 0.3) is 0 Å². The number of likely N-dealkylation sites (tertiary alicyclic amines) is 1. The topological polar surface area (TPSA) is 15.3 Å². The Bertz CT molecular complexity index is 367. The highest BCUT2D eigenvalue weighted by molar-refractivity contribution is 9.10. The molecule has 0 saturated carbocycles. The lowest BCUT2D eigenvalue weighted by atomic mass is 10.1. The van der Waals surface area contributed by atoms with E-state index in [-0.39, 0.29) is 0 Å². The molecule has 0 bridgehead atoms. The van der Waals surface area contributed by atoms with E-state index in [2.05, 4.69) is 57.3 Å². The van der Waals surface area contributed by atoms with Crippen molar-refractivity contribution < 1.29 is 0 Å². The van der Waals surface area contributed by atoms with E-state index in [1.807, 2.05) is 7.05 Å². The van der Waals surface area contributed by atoms with E-state index in [0.717, 1.165) is 6.54 Å². The van der Waals surface area contributed by atoms with Crippen LogP contribution < -0.4 is 5.32 Å². The van der Waals surface area contributed by atoms with Crippen LogP contribution in [0.4, 0.5) is 0 Å². The number of likely N-dealkylation sites (N-methyl/N-ethyl adjacent to an activating group) is 1. The second-order valence-electron chi connectivity index (χ2n) is 4.82. The van der Waals surface area contributed by atoms with Crippen molar-refractivity contribution in [1.82, 2.24) is 10.2 Å². The van der Waals surface area contributed by atoms with Crippen molar-refractivity contribution in [3.63, 3.8) is 0 Å². The maximum Gasteiger partial charge on any atom is 0.0323 e. The van der Waals surface area contributed by atoms with Crippen molar-refractivity contribution in [2.24, 2.45) is 0 Å². The summed E-state index contributed by atoms with van der Waals surface area (Å²) in [6, 6.07) is 9.87. The fraction of sp³-hybridized carbons (Fsp3) is 0.571. The minimum absolute atomic E-state index is 0.508. The maximum atomic E-state index is 3.55. The fourth-order valence-corrected chi connectivity index (χ4v) is 3.20. The van der Waals surface area contributed by atoms with Crippen LogP contribution >= 0.6 is 15.9 Å². The van der Waals surface area contributed by atoms with Gasteiger partial charge >= 0.3 is 0 Å². The minimum Gasteiger partial charge on any atom is -0.318 e. The van der Waals surface area contributed by atoms with Crippen molar-refractivity contribution in [3.05, 3.63) is 34.3 Å². The van der Waals surface area contributed by atoms with Crippen LogP contribution in [0.2, 0.25) is 0 Å². The van der Waals surface area contributed by atoms with Crippen LogP contribution in [0, 0.1) is 0 Å². The highest BCUT2D eigenvalue weighted by atomic mass is 79.9. The molecule has 2 atom stereocenters. The Morgan fingerprint density at radius 3 is 3.06 bits per heavy atom. The van der Waals surface area contributed by atoms with Crippen molar-refractivity contribution in [2.45, 2.75) is 31.8 Å². The quantitative estimate of drug-likeness (QED) is 0.918. The number of nitrogens with zero attached hydrogens (tertiary/aromatic N) is 1. The highest BCUT2D eigenvalue weighted by Gasteiger charge is 2.28. The fourth-order valence-electron chi connectivity index (χ4n) is 2.78. The third kappa shape index (κ3) is 3.09. The van der Waals surface area contributed by atoms with E-state index in [0.29, 0.717) is 12.1 Å². The van der Waals surface area contributed by atoms with Gasteiger partial charge < -0.3 is 5.32 Å². The Balaban J connectivity index is 2.11. The zero-order valence-electron chi connectivity index (χ0n) is 10.6. The van der Waals surface area contributed by atoms with Gasteiger partial charge in [-0.15, -0.1) is 0 Å². The first-order valence-corrected chi connectivity index (χ1v) is 7.17. The van der Waals surface area contributed by atoms with Gasteiger partial charge in [0.1, 0.15) is 0 Å². The lowest BCUT2D eigenvalue weighted by Gasteiger charge is -2.31. The standard InChI is InChI=1S/C14H21BrN2/c1-11(12-5-3-6-13(15)9-12)17-8-4-7-14(17)10-16-2/h3,5-6,9,11,14,16H,4,7-8,10H2,1-2H3. The largest absolute Gasteiger partial charge is 0.318 e. The van der Waals surface area contributed by atoms with Gasteiger partial charge in [-0.2, -0.15) is 0 Å². The Hall–Kier alpha value is -0.380. The predicted molar refractivity (Wildman–Crippen MR) is 76.2 cm³/mol. The molecule has 94 valence electrons. The molecular formula is C14H21BrN2. The Morgan fingerprint density at radius 1 is 1.53 bits per heavy atom. The van der Waals surface area contributed by atoms with Gasteiger partial charge in [0.2, 0.25) is 0 Å². The predicted octanol–water partition coefficient (Wildman–Crippen LogP) is 3.19. The van der Waals surface area contributed by atoms with Crippen molar-refractivity contribution >= 4 is 15.9 Å². The Labute approximate surface area is 113 Å². The summed E-state index contributed by atoms with van der Waals surface area (Å²) >= 11 is 3.55. The number of halogens is 1. The second-order valence-corrected chi connectivity index (χ2v) is 5.74. The van der Waals surface area contributed by atoms with E-state index in [9.17, 15) is 0 Å². The van der Waals surface area contributed by atoms with Crippen LogP contribution in [0.1, 0.15) is 31.4 Å². The van der Waals surface area contributed by atoms with E-state index >= 15 is 0 Å². The molecule has 1 aliphatic rings. The summed E-state index contributed by atoms with van der Waals surface area (Å²) in [5.41, 5.74) is 1.40. The number of hydrogen-bond donors (Lipinski definition) is 1. The van der Waals surface area contributed by atoms with Crippen LogP contribution in [0.3, 0.4) is 0 Å². The van der Waals surface area contributed by atoms with Crippen LogP contribution in [0.5, 0.6) is 0 Å². The number of hydrogen-bond acceptors (Lipinski definition) is 2. The molecule has 2 rings (SSSR count). The zero-order valence-corrected chi connectivity index (χ0v) is 12.2. The highest BCUT2D eigenvalue weighted by Crippen LogP contribution is 2.29. The third-order valence-electron chi connectivity index (χ3n) is 3.69. The van der Waals surface area contributed by atoms with E-state index in [1.165, 1.54) is 29.4 Å². The van der Waals surface area contributed by atoms with Crippen molar-refractivity contribution in [1.29, 1.82) is 0 Å². The first-order chi connectivity index (χ1) is 8.22. The molecular weight excluding hydrogens is 276 g/mol. The molecule has 0 aliphatic carbocycles. The van der Waals surface area contributed by atoms with Crippen molar-refractivity contribution in [3.8, 4) is 0 Å². The van der Waals surface area contributed by atoms with Gasteiger partial charge in [-0.3, -0.25) is 4.90 Å². The smallest absolute Gasteiger partial charge is 0.0323 e. The van der Waals surface area contributed by atoms with Crippen LogP contribution in [0.15, 0.2) is 28.7 Å². The molecule has 1 fully saturated rings. The summed E-state index contributed by atoms with van der Waals surface area (Å²) in [7, 11) is 2.04. The summed E-state index contributed by atoms with van der Waals surface area (Å²) in [6.45, 7) is 4.63. The molecule has 1 N–H and O–H groups in total. The van der Waals surface area contributed by atoms with E-state index < -0.39 is 0 Å². The first kappa shape index (κ1) is 13.1. The van der Waals surface area contributed by atoms with Gasteiger partial charge in [0, 0.05) is 23.1 Å². The molecule has 1 aromatic carbocycles. The molecule has 1 saturated heterocycles. The summed E-state index contributed by atoms with van der Waals surface area (Å²) in [5, 5.41) is 3.31. The summed E-state index contributed by atoms with van der Waals surface area (Å²) < 4.78 is 1.17. The monoisotopic (exact) mass is 296 g/mol. The molecule has 1 aliphatic heterocycles. The van der Waals surface area contributed by atoms with Gasteiger partial charge in [0.15, 0.2) is 0 Å². The summed E-state index contributed by atoms with van der Waals surface area (Å²) in [6.07, 6.45) is 2.64. The molecule has 2 unspecified atom stereocenters. The number of nitrogens with one attached hydrogen (secondary N) is 1. The molecule has 17 heavy (non-hydrogen) atoms. The molecule has 1 heterocycles. The SMILES string of the molecule is CNCC1CCCN1C(C)c1cccc(Br)c1. The molecule has 0 spiro atoms. The minimum atomic E-state index is 0.508. The molecule has 0 amide bonds. The lowest BCUT2D eigenvalue weighted by Crippen LogP contribution is -2.38. The molecule has 1 aromatic rings. The second kappa shape index (κ2) is 5.98. The summed E-state index contributed by atoms with van der Waals surface area (Å²) in [4.78, 5) is 2.62. The van der Waals surface area contributed by atoms with Gasteiger partial charge in [-0.25, -0.2) is 0 Å². The number of benzene rings is 1. The van der Waals surface area contributed by atoms with Crippen LogP contribution in [-0.4, -0.2) is 31.1 Å². The van der Waals surface area contributed by atoms with Gasteiger partial charge in [-0.1, -0.05) is 28.1 Å². The molecule has 0 aromatic heterocycles. The molecule has 0 radical (unpaired) electrons. The van der Waals surface area contributed by atoms with Crippen LogP contribution in [-0.2, 0) is 0 Å². The van der Waals surface area contributed by atoms with Gasteiger partial charge in [-0.05, 0) is 51.1 Å². The Kier molecular flexibility index (Phi) is 4.60. The maximum absolute atomic E-state index is 3.55. The molecule has 3 heteroatoms. The average Bonchev–Trinajstić information content (AvgIpc) is 2.77. The van der Waals surface area contributed by atoms with Crippen LogP contribution in [0.25, 0.3) is 0 Å². The molecule has 2 nitrogen and oxygen atoms in total. The summed E-state index contributed by atoms with van der Waals surface area (Å²) in [5.74, 6) is 0. The lowest BCUT2D eigenvalue weighted by molar-refractivity contribution is 0.191. The normalized spacial score (nSPS) is 22.9. The average molecular weight is 297 g/mol. The zero-order chi connectivity index (χ0) is 12.3. The Morgan fingerprint density at radius 2 is 2.35 bits per heavy atom. The third-order valence-corrected chi connectivity index (χ3v) is 4.18. The van der Waals surface area contributed by atoms with Gasteiger partial charge in [0.05, 0.1) is 0 Å².